The average molecular weight is 546 g/mol. The highest BCUT2D eigenvalue weighted by Crippen LogP contribution is 2.28. The van der Waals surface area contributed by atoms with Crippen LogP contribution in [0.2, 0.25) is 0 Å². The minimum Gasteiger partial charge on any atom is -0.355 e. The van der Waals surface area contributed by atoms with Gasteiger partial charge in [0.05, 0.1) is 0 Å². The van der Waals surface area contributed by atoms with E-state index in [0.717, 1.165) is 64.4 Å². The molecule has 2 N–H and O–H groups in total. The SMILES string of the molecule is CN=C(NCC(C)N1CCc2sccc2C1)NC1CCN(C(=O)C2CCCC2)C1.I. The molecular weight excluding hydrogens is 509 g/mol. The minimum atomic E-state index is 0. The molecule has 1 amide bonds. The zero-order valence-electron chi connectivity index (χ0n) is 18.2. The first kappa shape index (κ1) is 23.8. The van der Waals surface area contributed by atoms with Gasteiger partial charge >= 0.3 is 0 Å². The molecule has 30 heavy (non-hydrogen) atoms. The Bertz CT molecular complexity index is 733. The highest BCUT2D eigenvalue weighted by molar-refractivity contribution is 14.0. The number of rotatable bonds is 5. The fraction of sp³-hybridized carbons (Fsp3) is 0.727. The maximum absolute atomic E-state index is 12.7. The molecule has 0 aromatic carbocycles. The predicted octanol–water partition coefficient (Wildman–Crippen LogP) is 3.07. The van der Waals surface area contributed by atoms with Crippen molar-refractivity contribution in [2.24, 2.45) is 10.9 Å². The average Bonchev–Trinajstić information content (AvgIpc) is 3.51. The highest BCUT2D eigenvalue weighted by Gasteiger charge is 2.32. The van der Waals surface area contributed by atoms with Crippen LogP contribution in [0.15, 0.2) is 16.4 Å². The van der Waals surface area contributed by atoms with Gasteiger partial charge in [0.2, 0.25) is 5.91 Å². The molecule has 0 bridgehead atoms. The molecule has 2 fully saturated rings. The van der Waals surface area contributed by atoms with Crippen LogP contribution in [0, 0.1) is 5.92 Å². The summed E-state index contributed by atoms with van der Waals surface area (Å²) in [5.41, 5.74) is 1.49. The molecule has 1 saturated heterocycles. The van der Waals surface area contributed by atoms with Crippen LogP contribution in [0.25, 0.3) is 0 Å². The summed E-state index contributed by atoms with van der Waals surface area (Å²) >= 11 is 1.89. The molecule has 0 spiro atoms. The molecule has 2 atom stereocenters. The molecule has 1 aliphatic carbocycles. The summed E-state index contributed by atoms with van der Waals surface area (Å²) in [6.07, 6.45) is 6.76. The first-order valence-corrected chi connectivity index (χ1v) is 12.1. The topological polar surface area (TPSA) is 60.0 Å². The number of hydrogen-bond donors (Lipinski definition) is 2. The number of aliphatic imine (C=N–C) groups is 1. The van der Waals surface area contributed by atoms with Crippen molar-refractivity contribution in [2.75, 3.05) is 33.2 Å². The molecule has 2 unspecified atom stereocenters. The quantitative estimate of drug-likeness (QED) is 0.340. The summed E-state index contributed by atoms with van der Waals surface area (Å²) in [4.78, 5) is 23.2. The first-order chi connectivity index (χ1) is 14.1. The van der Waals surface area contributed by atoms with Crippen LogP contribution >= 0.6 is 35.3 Å². The van der Waals surface area contributed by atoms with Gasteiger partial charge < -0.3 is 15.5 Å². The Morgan fingerprint density at radius 1 is 1.30 bits per heavy atom. The summed E-state index contributed by atoms with van der Waals surface area (Å²) < 4.78 is 0. The Labute approximate surface area is 201 Å². The molecule has 8 heteroatoms. The zero-order chi connectivity index (χ0) is 20.2. The van der Waals surface area contributed by atoms with E-state index in [1.165, 1.54) is 18.4 Å². The van der Waals surface area contributed by atoms with Crippen molar-refractivity contribution in [2.45, 2.75) is 64.1 Å². The minimum absolute atomic E-state index is 0. The Kier molecular flexibility index (Phi) is 8.82. The summed E-state index contributed by atoms with van der Waals surface area (Å²) in [7, 11) is 1.83. The number of nitrogens with one attached hydrogen (secondary N) is 2. The lowest BCUT2D eigenvalue weighted by Crippen LogP contribution is -2.50. The maximum atomic E-state index is 12.7. The number of guanidine groups is 1. The van der Waals surface area contributed by atoms with Gasteiger partial charge in [-0.25, -0.2) is 0 Å². The summed E-state index contributed by atoms with van der Waals surface area (Å²) in [6, 6.07) is 3.02. The number of carbonyl (C=O) groups excluding carboxylic acids is 1. The van der Waals surface area contributed by atoms with Gasteiger partial charge in [0.25, 0.3) is 0 Å². The van der Waals surface area contributed by atoms with E-state index in [4.69, 9.17) is 0 Å². The van der Waals surface area contributed by atoms with Gasteiger partial charge in [-0.2, -0.15) is 0 Å². The lowest BCUT2D eigenvalue weighted by atomic mass is 10.1. The molecule has 4 rings (SSSR count). The third-order valence-electron chi connectivity index (χ3n) is 6.79. The third-order valence-corrected chi connectivity index (χ3v) is 7.82. The van der Waals surface area contributed by atoms with E-state index >= 15 is 0 Å². The van der Waals surface area contributed by atoms with Crippen molar-refractivity contribution in [3.8, 4) is 0 Å². The molecule has 1 aromatic heterocycles. The maximum Gasteiger partial charge on any atom is 0.225 e. The van der Waals surface area contributed by atoms with E-state index in [9.17, 15) is 4.79 Å². The molecule has 1 aromatic rings. The van der Waals surface area contributed by atoms with Crippen molar-refractivity contribution < 1.29 is 4.79 Å². The monoisotopic (exact) mass is 545 g/mol. The Morgan fingerprint density at radius 2 is 2.10 bits per heavy atom. The second-order valence-electron chi connectivity index (χ2n) is 8.79. The van der Waals surface area contributed by atoms with Crippen LogP contribution < -0.4 is 10.6 Å². The molecular formula is C22H36IN5OS. The predicted molar refractivity (Wildman–Crippen MR) is 135 cm³/mol. The van der Waals surface area contributed by atoms with Crippen molar-refractivity contribution in [3.05, 3.63) is 21.9 Å². The smallest absolute Gasteiger partial charge is 0.225 e. The van der Waals surface area contributed by atoms with Crippen molar-refractivity contribution in [1.29, 1.82) is 0 Å². The van der Waals surface area contributed by atoms with Crippen LogP contribution in [0.4, 0.5) is 0 Å². The van der Waals surface area contributed by atoms with Crippen LogP contribution in [0.1, 0.15) is 49.5 Å². The lowest BCUT2D eigenvalue weighted by molar-refractivity contribution is -0.134. The molecule has 6 nitrogen and oxygen atoms in total. The van der Waals surface area contributed by atoms with E-state index < -0.39 is 0 Å². The number of hydrogen-bond acceptors (Lipinski definition) is 4. The molecule has 3 heterocycles. The van der Waals surface area contributed by atoms with Crippen molar-refractivity contribution >= 4 is 47.2 Å². The number of amides is 1. The largest absolute Gasteiger partial charge is 0.355 e. The van der Waals surface area contributed by atoms with E-state index in [2.05, 4.69) is 43.8 Å². The van der Waals surface area contributed by atoms with Crippen LogP contribution in [0.3, 0.4) is 0 Å². The standard InChI is InChI=1S/C22H35N5OS.HI/c1-16(26-11-8-20-18(14-26)9-12-29-20)13-24-22(23-2)25-19-7-10-27(15-19)21(28)17-5-3-4-6-17;/h9,12,16-17,19H,3-8,10-11,13-15H2,1-2H3,(H2,23,24,25);1H. The van der Waals surface area contributed by atoms with Gasteiger partial charge in [-0.3, -0.25) is 14.7 Å². The van der Waals surface area contributed by atoms with Crippen molar-refractivity contribution in [3.63, 3.8) is 0 Å². The van der Waals surface area contributed by atoms with Gasteiger partial charge in [-0.15, -0.1) is 35.3 Å². The second-order valence-corrected chi connectivity index (χ2v) is 9.79. The van der Waals surface area contributed by atoms with E-state index in [1.54, 1.807) is 4.88 Å². The summed E-state index contributed by atoms with van der Waals surface area (Å²) in [5, 5.41) is 9.26. The number of likely N-dealkylation sites (tertiary alicyclic amines) is 1. The molecule has 2 aliphatic heterocycles. The molecule has 168 valence electrons. The van der Waals surface area contributed by atoms with E-state index in [-0.39, 0.29) is 29.9 Å². The van der Waals surface area contributed by atoms with Gasteiger partial charge in [0.1, 0.15) is 0 Å². The fourth-order valence-corrected chi connectivity index (χ4v) is 5.81. The second kappa shape index (κ2) is 11.1. The van der Waals surface area contributed by atoms with Crippen LogP contribution in [-0.2, 0) is 17.8 Å². The van der Waals surface area contributed by atoms with Gasteiger partial charge in [0.15, 0.2) is 5.96 Å². The van der Waals surface area contributed by atoms with E-state index in [1.807, 2.05) is 18.4 Å². The summed E-state index contributed by atoms with van der Waals surface area (Å²) in [6.45, 7) is 7.01. The number of halogens is 1. The van der Waals surface area contributed by atoms with Gasteiger partial charge in [0, 0.05) is 62.7 Å². The third kappa shape index (κ3) is 5.68. The Morgan fingerprint density at radius 3 is 2.87 bits per heavy atom. The number of nitrogens with zero attached hydrogens (tertiary/aromatic N) is 3. The fourth-order valence-electron chi connectivity index (χ4n) is 4.92. The summed E-state index contributed by atoms with van der Waals surface area (Å²) in [5.74, 6) is 1.51. The first-order valence-electron chi connectivity index (χ1n) is 11.2. The normalized spacial score (nSPS) is 23.7. The number of fused-ring (bicyclic) bond motifs is 1. The van der Waals surface area contributed by atoms with E-state index in [0.29, 0.717) is 18.0 Å². The molecule has 1 saturated carbocycles. The number of thiophene rings is 1. The van der Waals surface area contributed by atoms with Crippen molar-refractivity contribution in [1.82, 2.24) is 20.4 Å². The highest BCUT2D eigenvalue weighted by atomic mass is 127. The lowest BCUT2D eigenvalue weighted by Gasteiger charge is -2.33. The van der Waals surface area contributed by atoms with Gasteiger partial charge in [-0.05, 0) is 49.6 Å². The number of carbonyl (C=O) groups is 1. The van der Waals surface area contributed by atoms with Gasteiger partial charge in [-0.1, -0.05) is 12.8 Å². The van der Waals surface area contributed by atoms with Crippen LogP contribution in [0.5, 0.6) is 0 Å². The molecule has 3 aliphatic rings. The zero-order valence-corrected chi connectivity index (χ0v) is 21.4. The van der Waals surface area contributed by atoms with Crippen LogP contribution in [-0.4, -0.2) is 67.0 Å². The molecule has 0 radical (unpaired) electrons. The Balaban J connectivity index is 0.00000256. The Hall–Kier alpha value is -0.870.